The highest BCUT2D eigenvalue weighted by atomic mass is 16.5. The summed E-state index contributed by atoms with van der Waals surface area (Å²) in [5.41, 5.74) is 3.36. The zero-order valence-corrected chi connectivity index (χ0v) is 11.3. The lowest BCUT2D eigenvalue weighted by atomic mass is 10.1. The van der Waals surface area contributed by atoms with Crippen molar-refractivity contribution in [3.8, 4) is 0 Å². The fraction of sp³-hybridized carbons (Fsp3) is 0.312. The molecule has 4 nitrogen and oxygen atoms in total. The molecule has 3 heterocycles. The van der Waals surface area contributed by atoms with E-state index in [1.165, 1.54) is 10.8 Å². The first-order chi connectivity index (χ1) is 9.92. The minimum atomic E-state index is 0.821. The van der Waals surface area contributed by atoms with E-state index in [4.69, 9.17) is 9.72 Å². The maximum atomic E-state index is 5.41. The monoisotopic (exact) mass is 267 g/mol. The molecule has 2 aromatic heterocycles. The number of para-hydroxylation sites is 1. The van der Waals surface area contributed by atoms with E-state index in [-0.39, 0.29) is 0 Å². The van der Waals surface area contributed by atoms with Gasteiger partial charge in [-0.25, -0.2) is 4.98 Å². The van der Waals surface area contributed by atoms with E-state index < -0.39 is 0 Å². The highest BCUT2D eigenvalue weighted by Gasteiger charge is 2.15. The molecular formula is C16H17N3O. The molecule has 102 valence electrons. The third-order valence-electron chi connectivity index (χ3n) is 3.96. The second-order valence-electron chi connectivity index (χ2n) is 5.23. The molecule has 3 aromatic rings. The standard InChI is InChI=1S/C16H17N3O/c1-2-4-14-12(3-1)13-5-6-17-16(13)15(18-14)11-19-7-9-20-10-8-19/h1-6,17H,7-11H2. The Kier molecular flexibility index (Phi) is 2.90. The van der Waals surface area contributed by atoms with E-state index in [1.54, 1.807) is 0 Å². The van der Waals surface area contributed by atoms with Gasteiger partial charge in [-0.2, -0.15) is 0 Å². The Morgan fingerprint density at radius 1 is 1.10 bits per heavy atom. The molecule has 4 rings (SSSR count). The predicted octanol–water partition coefficient (Wildman–Crippen LogP) is 2.55. The van der Waals surface area contributed by atoms with E-state index in [1.807, 2.05) is 12.3 Å². The second-order valence-corrected chi connectivity index (χ2v) is 5.23. The summed E-state index contributed by atoms with van der Waals surface area (Å²) in [6, 6.07) is 10.5. The average molecular weight is 267 g/mol. The number of H-pyrrole nitrogens is 1. The topological polar surface area (TPSA) is 41.2 Å². The Labute approximate surface area is 117 Å². The summed E-state index contributed by atoms with van der Waals surface area (Å²) in [5.74, 6) is 0. The fourth-order valence-electron chi connectivity index (χ4n) is 2.92. The first kappa shape index (κ1) is 11.9. The van der Waals surface area contributed by atoms with Crippen LogP contribution in [0, 0.1) is 0 Å². The van der Waals surface area contributed by atoms with Gasteiger partial charge in [-0.15, -0.1) is 0 Å². The summed E-state index contributed by atoms with van der Waals surface area (Å²) >= 11 is 0. The molecule has 0 atom stereocenters. The van der Waals surface area contributed by atoms with Crippen molar-refractivity contribution in [3.05, 3.63) is 42.2 Å². The van der Waals surface area contributed by atoms with Crippen molar-refractivity contribution in [2.75, 3.05) is 26.3 Å². The smallest absolute Gasteiger partial charge is 0.0792 e. The number of hydrogen-bond acceptors (Lipinski definition) is 3. The molecular weight excluding hydrogens is 250 g/mol. The second kappa shape index (κ2) is 4.89. The van der Waals surface area contributed by atoms with Crippen LogP contribution in [-0.2, 0) is 11.3 Å². The lowest BCUT2D eigenvalue weighted by molar-refractivity contribution is 0.0338. The molecule has 20 heavy (non-hydrogen) atoms. The number of benzene rings is 1. The van der Waals surface area contributed by atoms with Gasteiger partial charge in [0.25, 0.3) is 0 Å². The van der Waals surface area contributed by atoms with Crippen LogP contribution >= 0.6 is 0 Å². The van der Waals surface area contributed by atoms with Gasteiger partial charge in [0.1, 0.15) is 0 Å². The van der Waals surface area contributed by atoms with E-state index in [0.717, 1.165) is 49.6 Å². The Morgan fingerprint density at radius 3 is 2.85 bits per heavy atom. The van der Waals surface area contributed by atoms with Crippen LogP contribution in [0.2, 0.25) is 0 Å². The quantitative estimate of drug-likeness (QED) is 0.775. The van der Waals surface area contributed by atoms with Gasteiger partial charge in [-0.1, -0.05) is 18.2 Å². The highest BCUT2D eigenvalue weighted by Crippen LogP contribution is 2.26. The molecule has 1 aliphatic rings. The number of rotatable bonds is 2. The van der Waals surface area contributed by atoms with Crippen LogP contribution in [0.3, 0.4) is 0 Å². The van der Waals surface area contributed by atoms with Crippen molar-refractivity contribution >= 4 is 21.8 Å². The largest absolute Gasteiger partial charge is 0.379 e. The van der Waals surface area contributed by atoms with Gasteiger partial charge >= 0.3 is 0 Å². The van der Waals surface area contributed by atoms with Crippen LogP contribution in [0.25, 0.3) is 21.8 Å². The fourth-order valence-corrected chi connectivity index (χ4v) is 2.92. The number of ether oxygens (including phenoxy) is 1. The number of aromatic nitrogens is 2. The van der Waals surface area contributed by atoms with Gasteiger partial charge in [0.15, 0.2) is 0 Å². The summed E-state index contributed by atoms with van der Waals surface area (Å²) in [4.78, 5) is 10.6. The molecule has 0 radical (unpaired) electrons. The third-order valence-corrected chi connectivity index (χ3v) is 3.96. The van der Waals surface area contributed by atoms with E-state index >= 15 is 0 Å². The Morgan fingerprint density at radius 2 is 1.95 bits per heavy atom. The number of hydrogen-bond donors (Lipinski definition) is 1. The van der Waals surface area contributed by atoms with Crippen LogP contribution < -0.4 is 0 Å². The van der Waals surface area contributed by atoms with Crippen LogP contribution in [0.4, 0.5) is 0 Å². The normalized spacial score (nSPS) is 17.0. The Balaban J connectivity index is 1.82. The zero-order valence-electron chi connectivity index (χ0n) is 11.3. The number of morpholine rings is 1. The van der Waals surface area contributed by atoms with Crippen LogP contribution in [0.5, 0.6) is 0 Å². The number of aromatic amines is 1. The van der Waals surface area contributed by atoms with Crippen LogP contribution in [0.15, 0.2) is 36.5 Å². The molecule has 0 spiro atoms. The summed E-state index contributed by atoms with van der Waals surface area (Å²) in [7, 11) is 0. The molecule has 1 saturated heterocycles. The SMILES string of the molecule is c1ccc2c(c1)nc(CN1CCOCC1)c1[nH]ccc12. The molecule has 1 fully saturated rings. The van der Waals surface area contributed by atoms with Gasteiger partial charge in [-0.05, 0) is 12.1 Å². The number of fused-ring (bicyclic) bond motifs is 3. The zero-order chi connectivity index (χ0) is 13.4. The highest BCUT2D eigenvalue weighted by molar-refractivity contribution is 6.05. The van der Waals surface area contributed by atoms with Crippen molar-refractivity contribution in [3.63, 3.8) is 0 Å². The van der Waals surface area contributed by atoms with Gasteiger partial charge < -0.3 is 9.72 Å². The van der Waals surface area contributed by atoms with Crippen molar-refractivity contribution in [2.45, 2.75) is 6.54 Å². The molecule has 0 bridgehead atoms. The first-order valence-electron chi connectivity index (χ1n) is 7.06. The minimum absolute atomic E-state index is 0.821. The third kappa shape index (κ3) is 1.97. The lowest BCUT2D eigenvalue weighted by Gasteiger charge is -2.26. The van der Waals surface area contributed by atoms with E-state index in [9.17, 15) is 0 Å². The molecule has 1 N–H and O–H groups in total. The molecule has 0 amide bonds. The number of pyridine rings is 1. The Bertz CT molecular complexity index is 744. The van der Waals surface area contributed by atoms with Gasteiger partial charge in [0.2, 0.25) is 0 Å². The predicted molar refractivity (Wildman–Crippen MR) is 79.7 cm³/mol. The molecule has 0 unspecified atom stereocenters. The summed E-state index contributed by atoms with van der Waals surface area (Å²) in [5, 5.41) is 2.48. The first-order valence-corrected chi connectivity index (χ1v) is 7.06. The van der Waals surface area contributed by atoms with Crippen molar-refractivity contribution in [1.29, 1.82) is 0 Å². The molecule has 0 saturated carbocycles. The van der Waals surface area contributed by atoms with Crippen LogP contribution in [0.1, 0.15) is 5.69 Å². The molecule has 1 aliphatic heterocycles. The van der Waals surface area contributed by atoms with Gasteiger partial charge in [0, 0.05) is 36.6 Å². The Hall–Kier alpha value is -1.91. The summed E-state index contributed by atoms with van der Waals surface area (Å²) < 4.78 is 5.41. The van der Waals surface area contributed by atoms with Gasteiger partial charge in [0.05, 0.1) is 29.9 Å². The summed E-state index contributed by atoms with van der Waals surface area (Å²) in [6.07, 6.45) is 2.00. The molecule has 0 aliphatic carbocycles. The minimum Gasteiger partial charge on any atom is -0.379 e. The van der Waals surface area contributed by atoms with Crippen molar-refractivity contribution < 1.29 is 4.74 Å². The molecule has 1 aromatic carbocycles. The maximum absolute atomic E-state index is 5.41. The van der Waals surface area contributed by atoms with Crippen LogP contribution in [-0.4, -0.2) is 41.2 Å². The molecule has 4 heteroatoms. The number of nitrogens with zero attached hydrogens (tertiary/aromatic N) is 2. The van der Waals surface area contributed by atoms with Crippen molar-refractivity contribution in [1.82, 2.24) is 14.9 Å². The summed E-state index contributed by atoms with van der Waals surface area (Å²) in [6.45, 7) is 4.49. The lowest BCUT2D eigenvalue weighted by Crippen LogP contribution is -2.35. The van der Waals surface area contributed by atoms with E-state index in [2.05, 4.69) is 34.1 Å². The number of nitrogens with one attached hydrogen (secondary N) is 1. The van der Waals surface area contributed by atoms with E-state index in [0.29, 0.717) is 0 Å². The average Bonchev–Trinajstić information content (AvgIpc) is 2.98. The van der Waals surface area contributed by atoms with Crippen molar-refractivity contribution in [2.24, 2.45) is 0 Å². The maximum Gasteiger partial charge on any atom is 0.0792 e. The van der Waals surface area contributed by atoms with Gasteiger partial charge in [-0.3, -0.25) is 4.90 Å².